The van der Waals surface area contributed by atoms with Crippen LogP contribution in [0.2, 0.25) is 0 Å². The number of nitrogens with one attached hydrogen (secondary N) is 1. The standard InChI is InChI=1S/C86H165NO5/c1-3-5-7-9-11-13-15-17-19-20-21-22-38-41-44-47-51-54-58-62-66-70-74-78-84(89)83(82-88)87-85(90)79-75-71-67-63-59-55-52-48-45-42-39-36-34-32-30-28-26-24-23-25-27-29-31-33-35-37-40-43-46-49-53-57-61-65-69-73-77-81-92-86(91)80-76-72-68-64-60-56-50-18-16-14-12-10-8-6-4-2/h18,23,25,29,31,50,83-84,88-89H,3-17,19-22,24,26-28,30,32-49,51-82H2,1-2H3,(H,87,90)/b25-23-,31-29-,50-18-. The lowest BCUT2D eigenvalue weighted by Crippen LogP contribution is -2.45. The maximum Gasteiger partial charge on any atom is 0.305 e. The zero-order valence-corrected chi connectivity index (χ0v) is 62.6. The smallest absolute Gasteiger partial charge is 0.305 e. The van der Waals surface area contributed by atoms with Crippen LogP contribution in [0.4, 0.5) is 0 Å². The minimum absolute atomic E-state index is 0.0117. The first kappa shape index (κ1) is 90.1. The Labute approximate surface area is 576 Å². The monoisotopic (exact) mass is 1290 g/mol. The molecule has 0 fully saturated rings. The van der Waals surface area contributed by atoms with Gasteiger partial charge in [0, 0.05) is 12.8 Å². The molecule has 0 spiro atoms. The Morgan fingerprint density at radius 2 is 0.543 bits per heavy atom. The average molecular weight is 1290 g/mol. The van der Waals surface area contributed by atoms with Crippen molar-refractivity contribution in [2.24, 2.45) is 0 Å². The fraction of sp³-hybridized carbons (Fsp3) is 0.907. The molecule has 0 radical (unpaired) electrons. The number of aliphatic hydroxyl groups excluding tert-OH is 2. The van der Waals surface area contributed by atoms with E-state index in [0.29, 0.717) is 25.9 Å². The van der Waals surface area contributed by atoms with Gasteiger partial charge in [-0.2, -0.15) is 0 Å². The van der Waals surface area contributed by atoms with E-state index in [1.54, 1.807) is 0 Å². The van der Waals surface area contributed by atoms with Crippen molar-refractivity contribution in [1.29, 1.82) is 0 Å². The second-order valence-electron chi connectivity index (χ2n) is 29.2. The van der Waals surface area contributed by atoms with Gasteiger partial charge in [0.2, 0.25) is 5.91 Å². The highest BCUT2D eigenvalue weighted by Gasteiger charge is 2.20. The van der Waals surface area contributed by atoms with E-state index in [0.717, 1.165) is 51.4 Å². The van der Waals surface area contributed by atoms with Gasteiger partial charge >= 0.3 is 5.97 Å². The fourth-order valence-electron chi connectivity index (χ4n) is 13.5. The van der Waals surface area contributed by atoms with Gasteiger partial charge in [-0.05, 0) is 83.5 Å². The minimum Gasteiger partial charge on any atom is -0.466 e. The van der Waals surface area contributed by atoms with Crippen molar-refractivity contribution in [2.75, 3.05) is 13.2 Å². The number of rotatable bonds is 80. The van der Waals surface area contributed by atoms with Crippen LogP contribution in [0.25, 0.3) is 0 Å². The lowest BCUT2D eigenvalue weighted by molar-refractivity contribution is -0.143. The number of ether oxygens (including phenoxy) is 1. The summed E-state index contributed by atoms with van der Waals surface area (Å²) in [6.45, 7) is 5.00. The lowest BCUT2D eigenvalue weighted by atomic mass is 10.0. The van der Waals surface area contributed by atoms with Gasteiger partial charge in [-0.3, -0.25) is 9.59 Å². The molecule has 0 saturated heterocycles. The summed E-state index contributed by atoms with van der Waals surface area (Å²) in [5.41, 5.74) is 0. The summed E-state index contributed by atoms with van der Waals surface area (Å²) in [5, 5.41) is 23.5. The van der Waals surface area contributed by atoms with Gasteiger partial charge in [0.05, 0.1) is 25.4 Å². The second-order valence-corrected chi connectivity index (χ2v) is 29.2. The second kappa shape index (κ2) is 81.5. The van der Waals surface area contributed by atoms with Gasteiger partial charge in [0.1, 0.15) is 0 Å². The molecule has 1 amide bonds. The van der Waals surface area contributed by atoms with Crippen LogP contribution in [-0.4, -0.2) is 47.4 Å². The van der Waals surface area contributed by atoms with Crippen LogP contribution in [0, 0.1) is 0 Å². The molecule has 92 heavy (non-hydrogen) atoms. The van der Waals surface area contributed by atoms with Crippen LogP contribution in [0.1, 0.15) is 476 Å². The number of amides is 1. The number of aliphatic hydroxyl groups is 2. The fourth-order valence-corrected chi connectivity index (χ4v) is 13.5. The first-order valence-corrected chi connectivity index (χ1v) is 42.2. The van der Waals surface area contributed by atoms with Gasteiger partial charge in [-0.15, -0.1) is 0 Å². The molecule has 2 atom stereocenters. The molecule has 0 aliphatic heterocycles. The quantitative estimate of drug-likeness (QED) is 0.0320. The number of hydrogen-bond acceptors (Lipinski definition) is 5. The van der Waals surface area contributed by atoms with E-state index in [1.807, 2.05) is 0 Å². The molecule has 3 N–H and O–H groups in total. The van der Waals surface area contributed by atoms with Crippen LogP contribution >= 0.6 is 0 Å². The largest absolute Gasteiger partial charge is 0.466 e. The lowest BCUT2D eigenvalue weighted by Gasteiger charge is -2.22. The van der Waals surface area contributed by atoms with E-state index in [1.165, 1.54) is 392 Å². The van der Waals surface area contributed by atoms with E-state index in [4.69, 9.17) is 4.74 Å². The zero-order chi connectivity index (χ0) is 66.3. The first-order valence-electron chi connectivity index (χ1n) is 42.2. The number of carbonyl (C=O) groups excluding carboxylic acids is 2. The maximum atomic E-state index is 12.6. The van der Waals surface area contributed by atoms with Crippen LogP contribution in [0.3, 0.4) is 0 Å². The molecular weight excluding hydrogens is 1130 g/mol. The Bertz CT molecular complexity index is 1490. The summed E-state index contributed by atoms with van der Waals surface area (Å²) in [6, 6.07) is -0.541. The number of unbranched alkanes of at least 4 members (excludes halogenated alkanes) is 63. The topological polar surface area (TPSA) is 95.9 Å². The molecule has 6 heteroatoms. The van der Waals surface area contributed by atoms with Crippen molar-refractivity contribution in [3.05, 3.63) is 36.5 Å². The van der Waals surface area contributed by atoms with Crippen molar-refractivity contribution >= 4 is 11.9 Å². The summed E-state index contributed by atoms with van der Waals surface area (Å²) >= 11 is 0. The molecule has 6 nitrogen and oxygen atoms in total. The highest BCUT2D eigenvalue weighted by Crippen LogP contribution is 2.20. The van der Waals surface area contributed by atoms with Crippen LogP contribution < -0.4 is 5.32 Å². The molecule has 544 valence electrons. The SMILES string of the molecule is CCCCCCCC/C=C\CCCCCCCC(=O)OCCCCCCCCCCCCCCC/C=C\C/C=C\CCCCCCCCCCCCCCCCCCCC(=O)NC(CO)C(O)CCCCCCCCCCCCCCCCCCCCCCCCC. The number of allylic oxidation sites excluding steroid dienone is 6. The van der Waals surface area contributed by atoms with E-state index in [2.05, 4.69) is 55.6 Å². The average Bonchev–Trinajstić information content (AvgIpc) is 3.62. The highest BCUT2D eigenvalue weighted by molar-refractivity contribution is 5.76. The van der Waals surface area contributed by atoms with Crippen molar-refractivity contribution in [3.8, 4) is 0 Å². The Kier molecular flexibility index (Phi) is 79.8. The molecule has 2 unspecified atom stereocenters. The van der Waals surface area contributed by atoms with Crippen LogP contribution in [0.15, 0.2) is 36.5 Å². The van der Waals surface area contributed by atoms with Crippen molar-refractivity contribution in [3.63, 3.8) is 0 Å². The molecule has 0 bridgehead atoms. The van der Waals surface area contributed by atoms with Gasteiger partial charge in [0.25, 0.3) is 0 Å². The highest BCUT2D eigenvalue weighted by atomic mass is 16.5. The summed E-state index contributed by atoms with van der Waals surface area (Å²) in [4.78, 5) is 24.7. The van der Waals surface area contributed by atoms with Crippen molar-refractivity contribution < 1.29 is 24.5 Å². The van der Waals surface area contributed by atoms with Crippen LogP contribution in [-0.2, 0) is 14.3 Å². The summed E-state index contributed by atoms with van der Waals surface area (Å²) < 4.78 is 5.50. The Balaban J connectivity index is 3.36. The summed E-state index contributed by atoms with van der Waals surface area (Å²) in [7, 11) is 0. The molecule has 0 heterocycles. The molecule has 0 rings (SSSR count). The molecule has 0 aliphatic rings. The number of hydrogen-bond donors (Lipinski definition) is 3. The molecule has 0 saturated carbocycles. The zero-order valence-electron chi connectivity index (χ0n) is 62.6. The Hall–Kier alpha value is -1.92. The van der Waals surface area contributed by atoms with Crippen molar-refractivity contribution in [2.45, 2.75) is 488 Å². The normalized spacial score (nSPS) is 12.6. The predicted molar refractivity (Wildman–Crippen MR) is 407 cm³/mol. The van der Waals surface area contributed by atoms with E-state index >= 15 is 0 Å². The summed E-state index contributed by atoms with van der Waals surface area (Å²) in [5.74, 6) is -0.0149. The Morgan fingerprint density at radius 1 is 0.304 bits per heavy atom. The molecule has 0 aromatic carbocycles. The molecule has 0 aromatic heterocycles. The molecule has 0 aromatic rings. The van der Waals surface area contributed by atoms with Crippen molar-refractivity contribution in [1.82, 2.24) is 5.32 Å². The van der Waals surface area contributed by atoms with Crippen LogP contribution in [0.5, 0.6) is 0 Å². The van der Waals surface area contributed by atoms with Gasteiger partial charge in [-0.25, -0.2) is 0 Å². The third kappa shape index (κ3) is 77.1. The maximum absolute atomic E-state index is 12.6. The molecule has 0 aliphatic carbocycles. The van der Waals surface area contributed by atoms with E-state index in [9.17, 15) is 19.8 Å². The molecular formula is C86H165NO5. The summed E-state index contributed by atoms with van der Waals surface area (Å²) in [6.07, 6.45) is 107. The minimum atomic E-state index is -0.664. The number of esters is 1. The van der Waals surface area contributed by atoms with Gasteiger partial charge in [-0.1, -0.05) is 416 Å². The van der Waals surface area contributed by atoms with E-state index in [-0.39, 0.29) is 18.5 Å². The van der Waals surface area contributed by atoms with E-state index < -0.39 is 12.1 Å². The van der Waals surface area contributed by atoms with Gasteiger partial charge < -0.3 is 20.3 Å². The third-order valence-electron chi connectivity index (χ3n) is 19.9. The Morgan fingerprint density at radius 3 is 0.837 bits per heavy atom. The predicted octanol–water partition coefficient (Wildman–Crippen LogP) is 28.2. The third-order valence-corrected chi connectivity index (χ3v) is 19.9. The first-order chi connectivity index (χ1) is 45.5. The number of carbonyl (C=O) groups is 2. The van der Waals surface area contributed by atoms with Gasteiger partial charge in [0.15, 0.2) is 0 Å².